The predicted octanol–water partition coefficient (Wildman–Crippen LogP) is 7.66. The first kappa shape index (κ1) is 33.9. The fraction of sp³-hybridized carbons (Fsp3) is 0.486. The van der Waals surface area contributed by atoms with Crippen LogP contribution in [-0.4, -0.2) is 53.1 Å². The summed E-state index contributed by atoms with van der Waals surface area (Å²) in [4.78, 5) is 17.9. The molecule has 0 bridgehead atoms. The van der Waals surface area contributed by atoms with E-state index in [1.54, 1.807) is 0 Å². The molecule has 1 aliphatic carbocycles. The Balaban J connectivity index is 1.72. The summed E-state index contributed by atoms with van der Waals surface area (Å²) in [5, 5.41) is 38.8. The molecule has 0 spiro atoms. The van der Waals surface area contributed by atoms with Gasteiger partial charge in [0.15, 0.2) is 0 Å². The van der Waals surface area contributed by atoms with Crippen molar-refractivity contribution in [1.29, 1.82) is 0 Å². The molecule has 6 N–H and O–H groups in total. The van der Waals surface area contributed by atoms with Gasteiger partial charge in [0.25, 0.3) is 0 Å². The number of carbonyl (C=O) groups is 1. The van der Waals surface area contributed by atoms with Crippen LogP contribution in [-0.2, 0) is 4.79 Å². The average molecular weight is 591 g/mol. The Morgan fingerprint density at radius 2 is 1.21 bits per heavy atom. The molecule has 2 aromatic rings. The van der Waals surface area contributed by atoms with Crippen molar-refractivity contribution in [2.24, 2.45) is 4.99 Å². The van der Waals surface area contributed by atoms with E-state index >= 15 is 0 Å². The van der Waals surface area contributed by atoms with Crippen molar-refractivity contribution in [3.63, 3.8) is 0 Å². The standard InChI is InChI=1S/C35H50N4O4/c1-2-3-8-13-31-34(38-29-18-14-27(15-19-29)36-22-9-4-6-11-24-40)32(42)26-33(43)35(31)39-30-20-16-28(17-21-30)37-23-10-5-7-12-25-41/h14-21,26,36-38,40-41,43H,2-13,22-25H2,1H3. The number of aliphatic hydroxyl groups is 3. The SMILES string of the molecule is CCCCCC1=C(Nc2ccc(NCCCCCCO)cc2)C(=O)C=C(O)C1=Nc1ccc(NCCCCCCO)cc1. The van der Waals surface area contributed by atoms with Crippen molar-refractivity contribution in [1.82, 2.24) is 0 Å². The van der Waals surface area contributed by atoms with Crippen molar-refractivity contribution in [2.75, 3.05) is 42.3 Å². The van der Waals surface area contributed by atoms with Crippen LogP contribution >= 0.6 is 0 Å². The summed E-state index contributed by atoms with van der Waals surface area (Å²) in [6.07, 6.45) is 12.9. The summed E-state index contributed by atoms with van der Waals surface area (Å²) in [5.41, 5.74) is 5.14. The number of hydrogen-bond donors (Lipinski definition) is 6. The molecule has 43 heavy (non-hydrogen) atoms. The molecule has 0 saturated heterocycles. The molecule has 2 aromatic carbocycles. The topological polar surface area (TPSA) is 126 Å². The summed E-state index contributed by atoms with van der Waals surface area (Å²) in [6, 6.07) is 15.7. The minimum Gasteiger partial charge on any atom is -0.506 e. The summed E-state index contributed by atoms with van der Waals surface area (Å²) in [6.45, 7) is 4.38. The molecule has 0 amide bonds. The van der Waals surface area contributed by atoms with Gasteiger partial charge in [0.2, 0.25) is 5.78 Å². The Morgan fingerprint density at radius 1 is 0.674 bits per heavy atom. The molecular formula is C35H50N4O4. The molecule has 0 saturated carbocycles. The van der Waals surface area contributed by atoms with Crippen LogP contribution in [0.3, 0.4) is 0 Å². The Morgan fingerprint density at radius 3 is 1.77 bits per heavy atom. The van der Waals surface area contributed by atoms with E-state index in [2.05, 4.69) is 22.9 Å². The molecule has 0 aromatic heterocycles. The van der Waals surface area contributed by atoms with Gasteiger partial charge in [0.1, 0.15) is 11.5 Å². The fourth-order valence-electron chi connectivity index (χ4n) is 4.99. The molecule has 3 rings (SSSR count). The smallest absolute Gasteiger partial charge is 0.206 e. The van der Waals surface area contributed by atoms with Gasteiger partial charge in [-0.15, -0.1) is 0 Å². The highest BCUT2D eigenvalue weighted by Gasteiger charge is 2.27. The van der Waals surface area contributed by atoms with Gasteiger partial charge in [-0.3, -0.25) is 4.79 Å². The molecule has 8 heteroatoms. The molecule has 0 atom stereocenters. The van der Waals surface area contributed by atoms with Crippen molar-refractivity contribution in [3.8, 4) is 0 Å². The first-order chi connectivity index (χ1) is 21.0. The number of nitrogens with one attached hydrogen (secondary N) is 3. The number of allylic oxidation sites excluding steroid dienone is 2. The second kappa shape index (κ2) is 19.5. The van der Waals surface area contributed by atoms with Crippen LogP contribution in [0.25, 0.3) is 0 Å². The number of anilines is 3. The Kier molecular flexibility index (Phi) is 15.4. The van der Waals surface area contributed by atoms with E-state index in [9.17, 15) is 9.90 Å². The summed E-state index contributed by atoms with van der Waals surface area (Å²) in [7, 11) is 0. The average Bonchev–Trinajstić information content (AvgIpc) is 3.01. The normalized spacial score (nSPS) is 14.3. The van der Waals surface area contributed by atoms with Crippen LogP contribution in [0.15, 0.2) is 76.6 Å². The maximum absolute atomic E-state index is 13.1. The molecule has 0 fully saturated rings. The van der Waals surface area contributed by atoms with Gasteiger partial charge >= 0.3 is 0 Å². The number of aliphatic imine (C=N–C) groups is 1. The van der Waals surface area contributed by atoms with Crippen LogP contribution in [0.1, 0.15) is 84.0 Å². The first-order valence-electron chi connectivity index (χ1n) is 16.0. The Labute approximate surface area is 257 Å². The highest BCUT2D eigenvalue weighted by molar-refractivity contribution is 6.25. The highest BCUT2D eigenvalue weighted by Crippen LogP contribution is 2.29. The maximum Gasteiger partial charge on any atom is 0.206 e. The van der Waals surface area contributed by atoms with Gasteiger partial charge in [-0.25, -0.2) is 4.99 Å². The maximum atomic E-state index is 13.1. The number of nitrogens with zero attached hydrogens (tertiary/aromatic N) is 1. The van der Waals surface area contributed by atoms with Gasteiger partial charge in [-0.1, -0.05) is 45.4 Å². The lowest BCUT2D eigenvalue weighted by atomic mass is 9.92. The molecular weight excluding hydrogens is 540 g/mol. The lowest BCUT2D eigenvalue weighted by Crippen LogP contribution is -2.24. The number of unbranched alkanes of at least 4 members (excludes halogenated alkanes) is 8. The monoisotopic (exact) mass is 590 g/mol. The fourth-order valence-corrected chi connectivity index (χ4v) is 4.99. The van der Waals surface area contributed by atoms with Gasteiger partial charge in [-0.05, 0) is 87.1 Å². The summed E-state index contributed by atoms with van der Waals surface area (Å²) >= 11 is 0. The Hall–Kier alpha value is -3.62. The van der Waals surface area contributed by atoms with Crippen molar-refractivity contribution >= 4 is 34.2 Å². The van der Waals surface area contributed by atoms with E-state index in [4.69, 9.17) is 15.2 Å². The summed E-state index contributed by atoms with van der Waals surface area (Å²) in [5.74, 6) is -0.364. The molecule has 8 nitrogen and oxygen atoms in total. The van der Waals surface area contributed by atoms with Crippen molar-refractivity contribution in [2.45, 2.75) is 84.0 Å². The van der Waals surface area contributed by atoms with E-state index < -0.39 is 0 Å². The third kappa shape index (κ3) is 11.9. The van der Waals surface area contributed by atoms with Gasteiger partial charge in [0.05, 0.1) is 11.4 Å². The van der Waals surface area contributed by atoms with Crippen LogP contribution in [0, 0.1) is 0 Å². The zero-order valence-electron chi connectivity index (χ0n) is 25.7. The second-order valence-electron chi connectivity index (χ2n) is 11.0. The molecule has 0 unspecified atom stereocenters. The minimum atomic E-state index is -0.258. The zero-order valence-corrected chi connectivity index (χ0v) is 25.7. The van der Waals surface area contributed by atoms with E-state index in [-0.39, 0.29) is 24.8 Å². The van der Waals surface area contributed by atoms with E-state index in [1.807, 2.05) is 48.5 Å². The minimum absolute atomic E-state index is 0.106. The largest absolute Gasteiger partial charge is 0.506 e. The van der Waals surface area contributed by atoms with E-state index in [0.717, 1.165) is 106 Å². The Bertz CT molecular complexity index is 1200. The van der Waals surface area contributed by atoms with Crippen molar-refractivity contribution in [3.05, 3.63) is 71.6 Å². The molecule has 0 radical (unpaired) electrons. The van der Waals surface area contributed by atoms with Gasteiger partial charge in [-0.2, -0.15) is 0 Å². The first-order valence-corrected chi connectivity index (χ1v) is 16.0. The van der Waals surface area contributed by atoms with E-state index in [1.165, 1.54) is 6.08 Å². The number of aliphatic hydroxyl groups excluding tert-OH is 3. The quantitative estimate of drug-likeness (QED) is 0.0651. The second-order valence-corrected chi connectivity index (χ2v) is 11.0. The lowest BCUT2D eigenvalue weighted by molar-refractivity contribution is -0.111. The van der Waals surface area contributed by atoms with E-state index in [0.29, 0.717) is 23.5 Å². The molecule has 1 aliphatic rings. The molecule has 0 aliphatic heterocycles. The van der Waals surface area contributed by atoms with Crippen molar-refractivity contribution < 1.29 is 20.1 Å². The zero-order chi connectivity index (χ0) is 30.7. The number of benzene rings is 2. The molecule has 0 heterocycles. The number of ketones is 1. The van der Waals surface area contributed by atoms with Gasteiger partial charge in [0, 0.05) is 55.0 Å². The number of hydrogen-bond acceptors (Lipinski definition) is 8. The van der Waals surface area contributed by atoms with Crippen LogP contribution < -0.4 is 16.0 Å². The van der Waals surface area contributed by atoms with Crippen LogP contribution in [0.5, 0.6) is 0 Å². The number of carbonyl (C=O) groups excluding carboxylic acids is 1. The highest BCUT2D eigenvalue weighted by atomic mass is 16.3. The third-order valence-corrected chi connectivity index (χ3v) is 7.47. The van der Waals surface area contributed by atoms with Gasteiger partial charge < -0.3 is 31.3 Å². The van der Waals surface area contributed by atoms with Crippen LogP contribution in [0.2, 0.25) is 0 Å². The summed E-state index contributed by atoms with van der Waals surface area (Å²) < 4.78 is 0. The lowest BCUT2D eigenvalue weighted by Gasteiger charge is -2.21. The van der Waals surface area contributed by atoms with Crippen LogP contribution in [0.4, 0.5) is 22.7 Å². The molecule has 234 valence electrons. The third-order valence-electron chi connectivity index (χ3n) is 7.47. The predicted molar refractivity (Wildman–Crippen MR) is 179 cm³/mol. The number of rotatable bonds is 21.